The molecule has 7 nitrogen and oxygen atoms in total. The molecule has 2 unspecified atom stereocenters. The fourth-order valence-electron chi connectivity index (χ4n) is 5.22. The van der Waals surface area contributed by atoms with Crippen LogP contribution in [0.2, 0.25) is 0 Å². The Kier molecular flexibility index (Phi) is 2.45. The van der Waals surface area contributed by atoms with Gasteiger partial charge in [-0.3, -0.25) is 10.2 Å². The van der Waals surface area contributed by atoms with Gasteiger partial charge in [0, 0.05) is 37.6 Å². The fourth-order valence-corrected chi connectivity index (χ4v) is 5.22. The average Bonchev–Trinajstić information content (AvgIpc) is 2.90. The van der Waals surface area contributed by atoms with E-state index in [-0.39, 0.29) is 5.60 Å². The lowest BCUT2D eigenvalue weighted by atomic mass is 9.98. The molecular weight excluding hydrogens is 304 g/mol. The second kappa shape index (κ2) is 4.39. The Bertz CT molecular complexity index is 714. The summed E-state index contributed by atoms with van der Waals surface area (Å²) in [5.74, 6) is 2.34. The Hall–Kier alpha value is -1.89. The molecule has 4 aliphatic heterocycles. The van der Waals surface area contributed by atoms with Gasteiger partial charge < -0.3 is 9.64 Å². The topological polar surface area (TPSA) is 65.9 Å². The molecule has 5 heterocycles. The Balaban J connectivity index is 1.14. The maximum atomic E-state index is 6.29. The van der Waals surface area contributed by atoms with Crippen molar-refractivity contribution in [3.05, 3.63) is 12.4 Å². The zero-order valence-electron chi connectivity index (χ0n) is 13.7. The number of nitrogens with zero attached hydrogens (tertiary/aromatic N) is 5. The Morgan fingerprint density at radius 1 is 1.17 bits per heavy atom. The first kappa shape index (κ1) is 13.4. The molecule has 1 aromatic rings. The molecule has 3 atom stereocenters. The van der Waals surface area contributed by atoms with Crippen molar-refractivity contribution < 1.29 is 4.74 Å². The first-order valence-corrected chi connectivity index (χ1v) is 9.10. The van der Waals surface area contributed by atoms with Crippen LogP contribution in [0.4, 0.5) is 11.6 Å². The highest BCUT2D eigenvalue weighted by Gasteiger charge is 2.77. The molecule has 1 saturated carbocycles. The number of nitrogens with one attached hydrogen (secondary N) is 1. The van der Waals surface area contributed by atoms with Gasteiger partial charge in [-0.1, -0.05) is 0 Å². The summed E-state index contributed by atoms with van der Waals surface area (Å²) in [7, 11) is 0. The maximum absolute atomic E-state index is 6.29. The van der Waals surface area contributed by atoms with Crippen LogP contribution in [0.15, 0.2) is 17.4 Å². The van der Waals surface area contributed by atoms with Crippen molar-refractivity contribution in [2.75, 3.05) is 42.9 Å². The molecule has 1 aromatic heterocycles. The number of anilines is 2. The predicted molar refractivity (Wildman–Crippen MR) is 90.2 cm³/mol. The number of aliphatic imine (C=N–C) groups is 1. The molecule has 1 aliphatic carbocycles. The molecule has 2 spiro atoms. The zero-order chi connectivity index (χ0) is 15.8. The van der Waals surface area contributed by atoms with Crippen molar-refractivity contribution in [2.24, 2.45) is 10.9 Å². The average molecular weight is 326 g/mol. The molecule has 24 heavy (non-hydrogen) atoms. The van der Waals surface area contributed by atoms with Gasteiger partial charge in [0.15, 0.2) is 5.82 Å². The lowest BCUT2D eigenvalue weighted by Gasteiger charge is -2.39. The van der Waals surface area contributed by atoms with Crippen LogP contribution in [0.25, 0.3) is 0 Å². The van der Waals surface area contributed by atoms with Crippen LogP contribution in [0.5, 0.6) is 0 Å². The summed E-state index contributed by atoms with van der Waals surface area (Å²) >= 11 is 0. The van der Waals surface area contributed by atoms with E-state index < -0.39 is 0 Å². The van der Waals surface area contributed by atoms with Crippen molar-refractivity contribution in [1.82, 2.24) is 14.9 Å². The third-order valence-corrected chi connectivity index (χ3v) is 6.68. The van der Waals surface area contributed by atoms with Crippen LogP contribution >= 0.6 is 0 Å². The molecule has 6 rings (SSSR count). The van der Waals surface area contributed by atoms with E-state index in [9.17, 15) is 0 Å². The normalized spacial score (nSPS) is 39.2. The molecule has 0 bridgehead atoms. The van der Waals surface area contributed by atoms with Crippen LogP contribution in [-0.4, -0.2) is 64.8 Å². The maximum Gasteiger partial charge on any atom is 0.291 e. The third-order valence-electron chi connectivity index (χ3n) is 6.68. The van der Waals surface area contributed by atoms with Crippen LogP contribution in [0.1, 0.15) is 25.7 Å². The molecule has 0 aromatic carbocycles. The minimum Gasteiger partial charge on any atom is -0.455 e. The van der Waals surface area contributed by atoms with Crippen LogP contribution in [0.3, 0.4) is 0 Å². The number of aromatic nitrogens is 2. The van der Waals surface area contributed by atoms with Crippen molar-refractivity contribution in [1.29, 1.82) is 0 Å². The van der Waals surface area contributed by atoms with Gasteiger partial charge >= 0.3 is 0 Å². The molecular formula is C17H22N6O. The van der Waals surface area contributed by atoms with Gasteiger partial charge in [0.25, 0.3) is 6.02 Å². The molecule has 5 aliphatic rings. The SMILES string of the molecule is c1nc(N2CCCC2)cnc1NC1=NC[C@@]2(CN3CCC34CC42)O1. The van der Waals surface area contributed by atoms with Crippen LogP contribution in [-0.2, 0) is 4.74 Å². The van der Waals surface area contributed by atoms with Crippen molar-refractivity contribution in [3.8, 4) is 0 Å². The highest BCUT2D eigenvalue weighted by molar-refractivity contribution is 5.89. The molecule has 0 amide bonds. The summed E-state index contributed by atoms with van der Waals surface area (Å²) in [5.41, 5.74) is 0.407. The molecule has 3 saturated heterocycles. The summed E-state index contributed by atoms with van der Waals surface area (Å²) in [6, 6.07) is 0.614. The summed E-state index contributed by atoms with van der Waals surface area (Å²) in [6.07, 6.45) is 8.75. The highest BCUT2D eigenvalue weighted by Crippen LogP contribution is 2.67. The van der Waals surface area contributed by atoms with Gasteiger partial charge in [-0.05, 0) is 25.7 Å². The van der Waals surface area contributed by atoms with Gasteiger partial charge in [0.1, 0.15) is 11.4 Å². The quantitative estimate of drug-likeness (QED) is 0.878. The number of piperidine rings is 1. The molecule has 7 heteroatoms. The van der Waals surface area contributed by atoms with Crippen molar-refractivity contribution >= 4 is 17.7 Å². The Morgan fingerprint density at radius 2 is 2.08 bits per heavy atom. The van der Waals surface area contributed by atoms with Gasteiger partial charge in [-0.25, -0.2) is 15.0 Å². The van der Waals surface area contributed by atoms with E-state index in [1.165, 1.54) is 32.2 Å². The number of hydrogen-bond acceptors (Lipinski definition) is 7. The first-order chi connectivity index (χ1) is 11.8. The lowest BCUT2D eigenvalue weighted by Crippen LogP contribution is -2.49. The smallest absolute Gasteiger partial charge is 0.291 e. The van der Waals surface area contributed by atoms with E-state index in [1.54, 1.807) is 6.20 Å². The zero-order valence-corrected chi connectivity index (χ0v) is 13.7. The van der Waals surface area contributed by atoms with Crippen LogP contribution in [0, 0.1) is 5.92 Å². The second-order valence-electron chi connectivity index (χ2n) is 7.90. The van der Waals surface area contributed by atoms with Gasteiger partial charge in [-0.2, -0.15) is 0 Å². The number of fused-ring (bicyclic) bond motifs is 1. The summed E-state index contributed by atoms with van der Waals surface area (Å²) in [5, 5.41) is 3.21. The van der Waals surface area contributed by atoms with Gasteiger partial charge in [0.05, 0.1) is 18.9 Å². The van der Waals surface area contributed by atoms with E-state index in [0.717, 1.165) is 32.0 Å². The van der Waals surface area contributed by atoms with E-state index in [1.807, 2.05) is 6.20 Å². The summed E-state index contributed by atoms with van der Waals surface area (Å²) in [6.45, 7) is 5.20. The number of hydrogen-bond donors (Lipinski definition) is 1. The summed E-state index contributed by atoms with van der Waals surface area (Å²) in [4.78, 5) is 18.5. The number of ether oxygens (including phenoxy) is 1. The molecule has 0 radical (unpaired) electrons. The van der Waals surface area contributed by atoms with Crippen molar-refractivity contribution in [3.63, 3.8) is 0 Å². The molecule has 1 N–H and O–H groups in total. The van der Waals surface area contributed by atoms with E-state index in [0.29, 0.717) is 23.3 Å². The summed E-state index contributed by atoms with van der Waals surface area (Å²) < 4.78 is 6.29. The minimum absolute atomic E-state index is 0.0816. The van der Waals surface area contributed by atoms with Gasteiger partial charge in [0.2, 0.25) is 0 Å². The standard InChI is InChI=1S/C17H22N6O/c1-2-5-22(4-1)14-9-18-13(8-19-14)21-15-20-10-17(24-15)11-23-6-3-16(23)7-12(16)17/h8-9,12H,1-7,10-11H2,(H,18,20,21)/t12?,16?,17-/m0/s1. The molecule has 4 fully saturated rings. The van der Waals surface area contributed by atoms with Crippen molar-refractivity contribution in [2.45, 2.75) is 36.8 Å². The predicted octanol–water partition coefficient (Wildman–Crippen LogP) is 1.09. The number of amidine groups is 1. The lowest BCUT2D eigenvalue weighted by molar-refractivity contribution is 0.0433. The molecule has 126 valence electrons. The minimum atomic E-state index is -0.0816. The fraction of sp³-hybridized carbons (Fsp3) is 0.706. The monoisotopic (exact) mass is 326 g/mol. The van der Waals surface area contributed by atoms with E-state index in [2.05, 4.69) is 30.1 Å². The number of rotatable bonds is 2. The second-order valence-corrected chi connectivity index (χ2v) is 7.90. The first-order valence-electron chi connectivity index (χ1n) is 9.10. The Morgan fingerprint density at radius 3 is 2.71 bits per heavy atom. The van der Waals surface area contributed by atoms with Gasteiger partial charge in [-0.15, -0.1) is 0 Å². The van der Waals surface area contributed by atoms with E-state index >= 15 is 0 Å². The highest BCUT2D eigenvalue weighted by atomic mass is 16.5. The largest absolute Gasteiger partial charge is 0.455 e. The van der Waals surface area contributed by atoms with E-state index in [4.69, 9.17) is 4.74 Å². The Labute approximate surface area is 141 Å². The van der Waals surface area contributed by atoms with Crippen LogP contribution < -0.4 is 10.2 Å². The third kappa shape index (κ3) is 1.68.